The molecule has 0 radical (unpaired) electrons. The maximum atomic E-state index is 15.4. The van der Waals surface area contributed by atoms with E-state index < -0.39 is 18.0 Å². The van der Waals surface area contributed by atoms with Crippen LogP contribution < -0.4 is 0 Å². The SMILES string of the molecule is O=C(O)N1CCO[C@@H](Cc2c(-c3ccc(C(=O)N4CCCC4)cc3F)nc3cc(Cl)ccn23)C1. The smallest absolute Gasteiger partial charge is 0.407 e. The summed E-state index contributed by atoms with van der Waals surface area (Å²) in [4.78, 5) is 31.8. The van der Waals surface area contributed by atoms with Crippen molar-refractivity contribution in [3.05, 3.63) is 58.6 Å². The van der Waals surface area contributed by atoms with Crippen LogP contribution in [0.15, 0.2) is 36.5 Å². The predicted octanol–water partition coefficient (Wildman–Crippen LogP) is 3.95. The maximum Gasteiger partial charge on any atom is 0.407 e. The lowest BCUT2D eigenvalue weighted by atomic mass is 10.0. The minimum Gasteiger partial charge on any atom is -0.465 e. The van der Waals surface area contributed by atoms with Crippen molar-refractivity contribution in [2.75, 3.05) is 32.8 Å². The van der Waals surface area contributed by atoms with Crippen molar-refractivity contribution in [2.24, 2.45) is 0 Å². The number of carbonyl (C=O) groups excluding carboxylic acids is 1. The molecule has 2 aromatic heterocycles. The summed E-state index contributed by atoms with van der Waals surface area (Å²) in [6.07, 6.45) is 2.60. The summed E-state index contributed by atoms with van der Waals surface area (Å²) in [6.45, 7) is 2.18. The molecule has 5 rings (SSSR count). The molecule has 178 valence electrons. The standard InChI is InChI=1S/C24H24ClFN4O4/c25-16-5-8-30-20(13-17-14-29(24(32)33)9-10-34-17)22(27-21(30)12-16)18-4-3-15(11-19(18)26)23(31)28-6-1-2-7-28/h3-5,8,11-12,17H,1-2,6-7,9-10,13-14H2,(H,32,33)/t17-/m0/s1. The van der Waals surface area contributed by atoms with E-state index in [1.54, 1.807) is 35.4 Å². The van der Waals surface area contributed by atoms with Crippen LogP contribution in [0.2, 0.25) is 5.02 Å². The summed E-state index contributed by atoms with van der Waals surface area (Å²) >= 11 is 6.16. The predicted molar refractivity (Wildman–Crippen MR) is 124 cm³/mol. The van der Waals surface area contributed by atoms with Gasteiger partial charge in [0.05, 0.1) is 30.6 Å². The lowest BCUT2D eigenvalue weighted by Gasteiger charge is -2.31. The molecule has 0 spiro atoms. The first-order valence-electron chi connectivity index (χ1n) is 11.3. The second-order valence-electron chi connectivity index (χ2n) is 8.60. The Labute approximate surface area is 200 Å². The van der Waals surface area contributed by atoms with Gasteiger partial charge in [0, 0.05) is 54.5 Å². The second kappa shape index (κ2) is 9.23. The maximum absolute atomic E-state index is 15.4. The third-order valence-corrected chi connectivity index (χ3v) is 6.62. The van der Waals surface area contributed by atoms with E-state index in [-0.39, 0.29) is 24.6 Å². The number of aromatic nitrogens is 2. The number of amides is 2. The van der Waals surface area contributed by atoms with Crippen LogP contribution in [0.1, 0.15) is 28.9 Å². The van der Waals surface area contributed by atoms with Gasteiger partial charge in [-0.3, -0.25) is 4.79 Å². The van der Waals surface area contributed by atoms with Crippen LogP contribution in [0.3, 0.4) is 0 Å². The van der Waals surface area contributed by atoms with Crippen molar-refractivity contribution < 1.29 is 23.8 Å². The van der Waals surface area contributed by atoms with E-state index >= 15 is 4.39 Å². The zero-order valence-electron chi connectivity index (χ0n) is 18.4. The van der Waals surface area contributed by atoms with Crippen molar-refractivity contribution in [3.8, 4) is 11.3 Å². The molecule has 0 aliphatic carbocycles. The number of fused-ring (bicyclic) bond motifs is 1. The molecule has 10 heteroatoms. The summed E-state index contributed by atoms with van der Waals surface area (Å²) in [5, 5.41) is 9.85. The Bertz CT molecular complexity index is 1260. The van der Waals surface area contributed by atoms with Crippen LogP contribution in [0.4, 0.5) is 9.18 Å². The number of nitrogens with zero attached hydrogens (tertiary/aromatic N) is 4. The van der Waals surface area contributed by atoms with Gasteiger partial charge in [0.25, 0.3) is 5.91 Å². The minimum absolute atomic E-state index is 0.172. The van der Waals surface area contributed by atoms with Gasteiger partial charge in [0.2, 0.25) is 0 Å². The summed E-state index contributed by atoms with van der Waals surface area (Å²) < 4.78 is 23.0. The van der Waals surface area contributed by atoms with E-state index in [2.05, 4.69) is 4.98 Å². The topological polar surface area (TPSA) is 87.4 Å². The number of hydrogen-bond donors (Lipinski definition) is 1. The van der Waals surface area contributed by atoms with Crippen molar-refractivity contribution in [1.82, 2.24) is 19.2 Å². The fourth-order valence-corrected chi connectivity index (χ4v) is 4.81. The quantitative estimate of drug-likeness (QED) is 0.603. The number of pyridine rings is 1. The second-order valence-corrected chi connectivity index (χ2v) is 9.04. The highest BCUT2D eigenvalue weighted by molar-refractivity contribution is 6.30. The van der Waals surface area contributed by atoms with Crippen molar-refractivity contribution in [1.29, 1.82) is 0 Å². The van der Waals surface area contributed by atoms with Crippen LogP contribution in [-0.4, -0.2) is 75.2 Å². The number of morpholine rings is 1. The molecule has 0 saturated carbocycles. The van der Waals surface area contributed by atoms with Crippen molar-refractivity contribution in [3.63, 3.8) is 0 Å². The number of halogens is 2. The molecule has 2 aliphatic rings. The van der Waals surface area contributed by atoms with Crippen LogP contribution >= 0.6 is 11.6 Å². The summed E-state index contributed by atoms with van der Waals surface area (Å²) in [6, 6.07) is 7.87. The van der Waals surface area contributed by atoms with Gasteiger partial charge in [-0.15, -0.1) is 0 Å². The highest BCUT2D eigenvalue weighted by Gasteiger charge is 2.28. The lowest BCUT2D eigenvalue weighted by Crippen LogP contribution is -2.45. The fraction of sp³-hybridized carbons (Fsp3) is 0.375. The molecular formula is C24H24ClFN4O4. The Kier molecular flexibility index (Phi) is 6.14. The third kappa shape index (κ3) is 4.33. The normalized spacial score (nSPS) is 18.6. The van der Waals surface area contributed by atoms with E-state index in [1.807, 2.05) is 4.40 Å². The van der Waals surface area contributed by atoms with Gasteiger partial charge in [0.1, 0.15) is 11.5 Å². The molecule has 8 nitrogen and oxygen atoms in total. The lowest BCUT2D eigenvalue weighted by molar-refractivity contribution is -0.0214. The Balaban J connectivity index is 1.51. The number of benzene rings is 1. The average molecular weight is 487 g/mol. The number of ether oxygens (including phenoxy) is 1. The van der Waals surface area contributed by atoms with E-state index in [1.165, 1.54) is 11.0 Å². The van der Waals surface area contributed by atoms with Gasteiger partial charge in [-0.25, -0.2) is 14.2 Å². The number of likely N-dealkylation sites (tertiary alicyclic amines) is 1. The Hall–Kier alpha value is -3.17. The molecule has 1 N–H and O–H groups in total. The van der Waals surface area contributed by atoms with Crippen LogP contribution in [-0.2, 0) is 11.2 Å². The summed E-state index contributed by atoms with van der Waals surface area (Å²) in [5.41, 5.74) is 2.21. The van der Waals surface area contributed by atoms with E-state index in [9.17, 15) is 14.7 Å². The fourth-order valence-electron chi connectivity index (χ4n) is 4.66. The zero-order valence-corrected chi connectivity index (χ0v) is 19.2. The van der Waals surface area contributed by atoms with Gasteiger partial charge < -0.3 is 24.0 Å². The number of carboxylic acid groups (broad SMARTS) is 1. The molecular weight excluding hydrogens is 463 g/mol. The van der Waals surface area contributed by atoms with Crippen LogP contribution in [0.25, 0.3) is 16.9 Å². The molecule has 0 unspecified atom stereocenters. The first kappa shape index (κ1) is 22.6. The van der Waals surface area contributed by atoms with E-state index in [0.717, 1.165) is 12.8 Å². The van der Waals surface area contributed by atoms with Gasteiger partial charge in [-0.1, -0.05) is 11.6 Å². The number of rotatable bonds is 4. The molecule has 34 heavy (non-hydrogen) atoms. The Morgan fingerprint density at radius 1 is 1.15 bits per heavy atom. The molecule has 2 fully saturated rings. The largest absolute Gasteiger partial charge is 0.465 e. The first-order valence-corrected chi connectivity index (χ1v) is 11.6. The zero-order chi connectivity index (χ0) is 23.8. The molecule has 2 aliphatic heterocycles. The Morgan fingerprint density at radius 3 is 2.68 bits per heavy atom. The molecule has 1 aromatic carbocycles. The minimum atomic E-state index is -0.997. The molecule has 2 saturated heterocycles. The van der Waals surface area contributed by atoms with Crippen LogP contribution in [0, 0.1) is 5.82 Å². The van der Waals surface area contributed by atoms with E-state index in [0.29, 0.717) is 53.7 Å². The molecule has 1 atom stereocenters. The molecule has 3 aromatic rings. The molecule has 4 heterocycles. The van der Waals surface area contributed by atoms with Gasteiger partial charge in [0.15, 0.2) is 0 Å². The monoisotopic (exact) mass is 486 g/mol. The molecule has 2 amide bonds. The highest BCUT2D eigenvalue weighted by atomic mass is 35.5. The molecule has 0 bridgehead atoms. The third-order valence-electron chi connectivity index (χ3n) is 6.38. The average Bonchev–Trinajstić information content (AvgIpc) is 3.47. The summed E-state index contributed by atoms with van der Waals surface area (Å²) in [7, 11) is 0. The summed E-state index contributed by atoms with van der Waals surface area (Å²) in [5.74, 6) is -0.716. The van der Waals surface area contributed by atoms with E-state index in [4.69, 9.17) is 16.3 Å². The first-order chi connectivity index (χ1) is 16.4. The Morgan fingerprint density at radius 2 is 1.94 bits per heavy atom. The van der Waals surface area contributed by atoms with Crippen LogP contribution in [0.5, 0.6) is 0 Å². The van der Waals surface area contributed by atoms with Gasteiger partial charge in [-0.05, 0) is 37.1 Å². The van der Waals surface area contributed by atoms with Crippen molar-refractivity contribution >= 4 is 29.2 Å². The number of carbonyl (C=O) groups is 2. The highest BCUT2D eigenvalue weighted by Crippen LogP contribution is 2.30. The van der Waals surface area contributed by atoms with Crippen molar-refractivity contribution in [2.45, 2.75) is 25.4 Å². The number of imidazole rings is 1. The van der Waals surface area contributed by atoms with Gasteiger partial charge >= 0.3 is 6.09 Å². The number of hydrogen-bond acceptors (Lipinski definition) is 4. The van der Waals surface area contributed by atoms with Gasteiger partial charge in [-0.2, -0.15) is 0 Å².